The van der Waals surface area contributed by atoms with Crippen molar-refractivity contribution in [3.63, 3.8) is 0 Å². The normalized spacial score (nSPS) is 15.3. The molecule has 152 valence electrons. The van der Waals surface area contributed by atoms with Gasteiger partial charge in [-0.25, -0.2) is 9.37 Å². The summed E-state index contributed by atoms with van der Waals surface area (Å²) in [6.45, 7) is 7.11. The van der Waals surface area contributed by atoms with Crippen molar-refractivity contribution in [3.05, 3.63) is 53.2 Å². The molecule has 29 heavy (non-hydrogen) atoms. The first-order valence-electron chi connectivity index (χ1n) is 9.87. The van der Waals surface area contributed by atoms with Crippen LogP contribution < -0.4 is 0 Å². The summed E-state index contributed by atoms with van der Waals surface area (Å²) < 4.78 is 18.6. The first kappa shape index (κ1) is 19.3. The summed E-state index contributed by atoms with van der Waals surface area (Å²) in [6.07, 6.45) is 1.56. The van der Waals surface area contributed by atoms with Crippen LogP contribution in [0.3, 0.4) is 0 Å². The van der Waals surface area contributed by atoms with E-state index < -0.39 is 0 Å². The van der Waals surface area contributed by atoms with Crippen molar-refractivity contribution < 1.29 is 13.7 Å². The van der Waals surface area contributed by atoms with E-state index in [0.29, 0.717) is 36.2 Å². The Morgan fingerprint density at radius 3 is 2.52 bits per heavy atom. The molecule has 1 fully saturated rings. The molecule has 0 radical (unpaired) electrons. The standard InChI is InChI=1S/C21H24FN5O2/c1-12(2)18-25-20(29-26-18)15-8-10-27(11-9-15)21(28)17-13(3)23-19(24-17)14-4-6-16(22)7-5-14/h4-7,12,15H,8-11H2,1-3H3,(H,23,24). The predicted molar refractivity (Wildman–Crippen MR) is 105 cm³/mol. The summed E-state index contributed by atoms with van der Waals surface area (Å²) in [7, 11) is 0. The van der Waals surface area contributed by atoms with Crippen molar-refractivity contribution >= 4 is 5.91 Å². The van der Waals surface area contributed by atoms with Gasteiger partial charge in [0.15, 0.2) is 5.82 Å². The van der Waals surface area contributed by atoms with Gasteiger partial charge in [-0.1, -0.05) is 19.0 Å². The molecule has 0 atom stereocenters. The van der Waals surface area contributed by atoms with Crippen LogP contribution in [0.4, 0.5) is 4.39 Å². The molecule has 1 aromatic carbocycles. The number of imidazole rings is 1. The van der Waals surface area contributed by atoms with Gasteiger partial charge in [0.25, 0.3) is 5.91 Å². The quantitative estimate of drug-likeness (QED) is 0.717. The molecule has 1 N–H and O–H groups in total. The van der Waals surface area contributed by atoms with Crippen LogP contribution in [0.1, 0.15) is 66.4 Å². The molecular weight excluding hydrogens is 373 g/mol. The van der Waals surface area contributed by atoms with Gasteiger partial charge in [-0.15, -0.1) is 0 Å². The number of amides is 1. The van der Waals surface area contributed by atoms with Crippen LogP contribution in [-0.2, 0) is 0 Å². The fourth-order valence-electron chi connectivity index (χ4n) is 3.54. The monoisotopic (exact) mass is 397 g/mol. The number of hydrogen-bond acceptors (Lipinski definition) is 5. The fraction of sp³-hybridized carbons (Fsp3) is 0.429. The second kappa shape index (κ2) is 7.77. The first-order chi connectivity index (χ1) is 13.9. The van der Waals surface area contributed by atoms with Crippen molar-refractivity contribution in [2.75, 3.05) is 13.1 Å². The van der Waals surface area contributed by atoms with Crippen LogP contribution >= 0.6 is 0 Å². The highest BCUT2D eigenvalue weighted by atomic mass is 19.1. The number of piperidine rings is 1. The van der Waals surface area contributed by atoms with Crippen LogP contribution in [0, 0.1) is 12.7 Å². The van der Waals surface area contributed by atoms with Gasteiger partial charge in [0.05, 0.1) is 0 Å². The molecule has 0 saturated carbocycles. The summed E-state index contributed by atoms with van der Waals surface area (Å²) in [4.78, 5) is 26.9. The lowest BCUT2D eigenvalue weighted by Crippen LogP contribution is -2.38. The first-order valence-corrected chi connectivity index (χ1v) is 9.87. The molecule has 0 unspecified atom stereocenters. The number of nitrogens with zero attached hydrogens (tertiary/aromatic N) is 4. The lowest BCUT2D eigenvalue weighted by atomic mass is 9.96. The Kier molecular flexibility index (Phi) is 5.17. The third kappa shape index (κ3) is 3.92. The number of halogens is 1. The molecule has 0 aliphatic carbocycles. The van der Waals surface area contributed by atoms with E-state index in [1.807, 2.05) is 25.7 Å². The van der Waals surface area contributed by atoms with E-state index in [0.717, 1.165) is 24.2 Å². The van der Waals surface area contributed by atoms with E-state index in [9.17, 15) is 9.18 Å². The largest absolute Gasteiger partial charge is 0.341 e. The van der Waals surface area contributed by atoms with Gasteiger partial charge in [0.2, 0.25) is 5.89 Å². The summed E-state index contributed by atoms with van der Waals surface area (Å²) >= 11 is 0. The fourth-order valence-corrected chi connectivity index (χ4v) is 3.54. The van der Waals surface area contributed by atoms with Gasteiger partial charge in [-0.2, -0.15) is 4.98 Å². The van der Waals surface area contributed by atoms with Gasteiger partial charge in [0, 0.05) is 36.2 Å². The van der Waals surface area contributed by atoms with Crippen LogP contribution in [0.15, 0.2) is 28.8 Å². The number of hydrogen-bond donors (Lipinski definition) is 1. The topological polar surface area (TPSA) is 87.9 Å². The number of carbonyl (C=O) groups is 1. The minimum absolute atomic E-state index is 0.0982. The lowest BCUT2D eigenvalue weighted by Gasteiger charge is -2.30. The zero-order chi connectivity index (χ0) is 20.5. The molecule has 0 spiro atoms. The highest BCUT2D eigenvalue weighted by Gasteiger charge is 2.30. The average Bonchev–Trinajstić information content (AvgIpc) is 3.35. The SMILES string of the molecule is Cc1[nH]c(-c2ccc(F)cc2)nc1C(=O)N1CCC(c2nc(C(C)C)no2)CC1. The number of nitrogens with one attached hydrogen (secondary N) is 1. The van der Waals surface area contributed by atoms with Gasteiger partial charge in [-0.3, -0.25) is 4.79 Å². The number of likely N-dealkylation sites (tertiary alicyclic amines) is 1. The van der Waals surface area contributed by atoms with Crippen LogP contribution in [0.5, 0.6) is 0 Å². The van der Waals surface area contributed by atoms with E-state index in [-0.39, 0.29) is 23.6 Å². The number of aromatic amines is 1. The summed E-state index contributed by atoms with van der Waals surface area (Å²) in [5.74, 6) is 1.94. The molecule has 1 aliphatic heterocycles. The second-order valence-electron chi connectivity index (χ2n) is 7.78. The Morgan fingerprint density at radius 1 is 1.21 bits per heavy atom. The van der Waals surface area contributed by atoms with Gasteiger partial charge in [0.1, 0.15) is 17.3 Å². The number of carbonyl (C=O) groups excluding carboxylic acids is 1. The summed E-state index contributed by atoms with van der Waals surface area (Å²) in [5.41, 5.74) is 1.85. The molecule has 3 aromatic rings. The molecule has 3 heterocycles. The molecular formula is C21H24FN5O2. The molecule has 8 heteroatoms. The molecule has 1 amide bonds. The Bertz CT molecular complexity index is 1000. The number of rotatable bonds is 4. The zero-order valence-corrected chi connectivity index (χ0v) is 16.8. The maximum atomic E-state index is 13.1. The predicted octanol–water partition coefficient (Wildman–Crippen LogP) is 4.05. The third-order valence-corrected chi connectivity index (χ3v) is 5.31. The number of H-pyrrole nitrogens is 1. The second-order valence-corrected chi connectivity index (χ2v) is 7.78. The van der Waals surface area contributed by atoms with Crippen LogP contribution in [0.2, 0.25) is 0 Å². The zero-order valence-electron chi connectivity index (χ0n) is 16.8. The summed E-state index contributed by atoms with van der Waals surface area (Å²) in [6, 6.07) is 6.04. The van der Waals surface area contributed by atoms with Crippen molar-refractivity contribution in [3.8, 4) is 11.4 Å². The molecule has 4 rings (SSSR count). The van der Waals surface area contributed by atoms with Crippen molar-refractivity contribution in [2.24, 2.45) is 0 Å². The van der Waals surface area contributed by atoms with Gasteiger partial charge >= 0.3 is 0 Å². The molecule has 1 aliphatic rings. The van der Waals surface area contributed by atoms with Crippen molar-refractivity contribution in [1.29, 1.82) is 0 Å². The highest BCUT2D eigenvalue weighted by Crippen LogP contribution is 2.29. The van der Waals surface area contributed by atoms with Crippen LogP contribution in [0.25, 0.3) is 11.4 Å². The average molecular weight is 397 g/mol. The van der Waals surface area contributed by atoms with Crippen LogP contribution in [-0.4, -0.2) is 44.0 Å². The lowest BCUT2D eigenvalue weighted by molar-refractivity contribution is 0.0698. The van der Waals surface area contributed by atoms with E-state index >= 15 is 0 Å². The smallest absolute Gasteiger partial charge is 0.274 e. The van der Waals surface area contributed by atoms with E-state index in [1.54, 1.807) is 12.1 Å². The maximum absolute atomic E-state index is 13.1. The Balaban J connectivity index is 1.43. The summed E-state index contributed by atoms with van der Waals surface area (Å²) in [5, 5.41) is 4.04. The maximum Gasteiger partial charge on any atom is 0.274 e. The van der Waals surface area contributed by atoms with Crippen molar-refractivity contribution in [1.82, 2.24) is 25.0 Å². The van der Waals surface area contributed by atoms with Gasteiger partial charge in [-0.05, 0) is 44.0 Å². The van der Waals surface area contributed by atoms with Gasteiger partial charge < -0.3 is 14.4 Å². The third-order valence-electron chi connectivity index (χ3n) is 5.31. The van der Waals surface area contributed by atoms with E-state index in [2.05, 4.69) is 20.1 Å². The Morgan fingerprint density at radius 2 is 1.90 bits per heavy atom. The minimum Gasteiger partial charge on any atom is -0.341 e. The van der Waals surface area contributed by atoms with E-state index in [1.165, 1.54) is 12.1 Å². The molecule has 7 nitrogen and oxygen atoms in total. The van der Waals surface area contributed by atoms with Crippen molar-refractivity contribution in [2.45, 2.75) is 45.4 Å². The number of aryl methyl sites for hydroxylation is 1. The number of aromatic nitrogens is 4. The molecule has 2 aromatic heterocycles. The minimum atomic E-state index is -0.307. The number of benzene rings is 1. The highest BCUT2D eigenvalue weighted by molar-refractivity contribution is 5.94. The molecule has 0 bridgehead atoms. The van der Waals surface area contributed by atoms with E-state index in [4.69, 9.17) is 4.52 Å². The Hall–Kier alpha value is -3.03. The molecule has 1 saturated heterocycles. The Labute approximate surface area is 168 Å².